The first-order chi connectivity index (χ1) is 11.7. The van der Waals surface area contributed by atoms with Gasteiger partial charge in [0.05, 0.1) is 12.8 Å². The van der Waals surface area contributed by atoms with Gasteiger partial charge in [-0.05, 0) is 0 Å². The smallest absolute Gasteiger partial charge is 0.188 e. The molecular formula is C15H16N4O4S. The molecule has 24 heavy (non-hydrogen) atoms. The lowest BCUT2D eigenvalue weighted by Gasteiger charge is -2.37. The summed E-state index contributed by atoms with van der Waals surface area (Å²) in [5, 5.41) is 38.1. The van der Waals surface area contributed by atoms with E-state index in [0.29, 0.717) is 10.9 Å². The van der Waals surface area contributed by atoms with Gasteiger partial charge < -0.3 is 20.1 Å². The zero-order valence-electron chi connectivity index (χ0n) is 12.5. The summed E-state index contributed by atoms with van der Waals surface area (Å²) in [6.07, 6.45) is -1.33. The molecule has 1 saturated heterocycles. The van der Waals surface area contributed by atoms with E-state index in [9.17, 15) is 15.3 Å². The number of aliphatic imine (C=N–C) groups is 1. The summed E-state index contributed by atoms with van der Waals surface area (Å²) >= 11 is 1.29. The molecule has 3 N–H and O–H groups in total. The number of nitrogens with zero attached hydrogens (tertiary/aromatic N) is 4. The maximum atomic E-state index is 10.2. The van der Waals surface area contributed by atoms with Gasteiger partial charge in [-0.25, -0.2) is 0 Å². The zero-order valence-corrected chi connectivity index (χ0v) is 13.3. The van der Waals surface area contributed by atoms with Gasteiger partial charge in [-0.15, -0.1) is 5.10 Å². The van der Waals surface area contributed by atoms with E-state index in [4.69, 9.17) is 4.74 Å². The summed E-state index contributed by atoms with van der Waals surface area (Å²) in [6.45, 7) is -0.362. The van der Waals surface area contributed by atoms with E-state index in [-0.39, 0.29) is 6.61 Å². The van der Waals surface area contributed by atoms with Gasteiger partial charge in [0.2, 0.25) is 0 Å². The van der Waals surface area contributed by atoms with E-state index in [0.717, 1.165) is 5.56 Å². The van der Waals surface area contributed by atoms with Crippen LogP contribution in [0.15, 0.2) is 41.5 Å². The van der Waals surface area contributed by atoms with Gasteiger partial charge in [0.25, 0.3) is 0 Å². The summed E-state index contributed by atoms with van der Waals surface area (Å²) in [7, 11) is 0. The largest absolute Gasteiger partial charge is 0.394 e. The fourth-order valence-electron chi connectivity index (χ4n) is 2.78. The average Bonchev–Trinajstić information content (AvgIpc) is 3.25. The summed E-state index contributed by atoms with van der Waals surface area (Å²) in [5.74, 6) is 0. The molecule has 1 fully saturated rings. The van der Waals surface area contributed by atoms with Gasteiger partial charge >= 0.3 is 0 Å². The molecule has 0 unspecified atom stereocenters. The van der Waals surface area contributed by atoms with Crippen LogP contribution in [-0.2, 0) is 4.74 Å². The highest BCUT2D eigenvalue weighted by Gasteiger charge is 2.48. The van der Waals surface area contributed by atoms with Crippen molar-refractivity contribution in [2.24, 2.45) is 4.99 Å². The summed E-state index contributed by atoms with van der Waals surface area (Å²) in [6, 6.07) is 9.04. The molecule has 1 aromatic heterocycles. The third-order valence-corrected chi connectivity index (χ3v) is 5.21. The van der Waals surface area contributed by atoms with Crippen LogP contribution in [0, 0.1) is 0 Å². The number of aliphatic hydroxyl groups excluding tert-OH is 3. The highest BCUT2D eigenvalue weighted by Crippen LogP contribution is 2.36. The van der Waals surface area contributed by atoms with Crippen molar-refractivity contribution < 1.29 is 20.1 Å². The number of ether oxygens (including phenoxy) is 1. The van der Waals surface area contributed by atoms with Crippen LogP contribution in [0.5, 0.6) is 0 Å². The average molecular weight is 348 g/mol. The molecule has 126 valence electrons. The van der Waals surface area contributed by atoms with Crippen molar-refractivity contribution in [3.05, 3.63) is 36.5 Å². The highest BCUT2D eigenvalue weighted by molar-refractivity contribution is 8.14. The predicted molar refractivity (Wildman–Crippen MR) is 87.4 cm³/mol. The van der Waals surface area contributed by atoms with Crippen molar-refractivity contribution >= 4 is 16.9 Å². The fraction of sp³-hybridized carbons (Fsp3) is 0.400. The molecule has 3 heterocycles. The topological polar surface area (TPSA) is 113 Å². The first-order valence-corrected chi connectivity index (χ1v) is 8.40. The molecule has 1 aromatic carbocycles. The molecule has 5 atom stereocenters. The monoisotopic (exact) mass is 348 g/mol. The summed E-state index contributed by atoms with van der Waals surface area (Å²) < 4.78 is 7.14. The van der Waals surface area contributed by atoms with Crippen LogP contribution in [0.2, 0.25) is 0 Å². The predicted octanol–water partition coefficient (Wildman–Crippen LogP) is -0.296. The van der Waals surface area contributed by atoms with Crippen molar-refractivity contribution in [3.8, 4) is 11.3 Å². The summed E-state index contributed by atoms with van der Waals surface area (Å²) in [4.78, 5) is 4.41. The van der Waals surface area contributed by atoms with Crippen LogP contribution in [0.1, 0.15) is 0 Å². The minimum Gasteiger partial charge on any atom is -0.394 e. The Morgan fingerprint density at radius 1 is 1.17 bits per heavy atom. The van der Waals surface area contributed by atoms with E-state index in [1.165, 1.54) is 16.4 Å². The summed E-state index contributed by atoms with van der Waals surface area (Å²) in [5.41, 5.74) is 1.18. The first kappa shape index (κ1) is 15.7. The molecule has 8 nitrogen and oxygen atoms in total. The Kier molecular flexibility index (Phi) is 4.10. The van der Waals surface area contributed by atoms with Crippen LogP contribution in [-0.4, -0.2) is 71.9 Å². The Labute approximate surface area is 141 Å². The van der Waals surface area contributed by atoms with Crippen LogP contribution < -0.4 is 0 Å². The molecule has 0 saturated carbocycles. The molecule has 2 aromatic rings. The fourth-order valence-corrected chi connectivity index (χ4v) is 3.92. The van der Waals surface area contributed by atoms with Gasteiger partial charge in [0.15, 0.2) is 5.17 Å². The molecule has 2 aliphatic rings. The van der Waals surface area contributed by atoms with Gasteiger partial charge in [0.1, 0.15) is 35.5 Å². The molecule has 4 rings (SSSR count). The number of thioether (sulfide) groups is 1. The first-order valence-electron chi connectivity index (χ1n) is 7.52. The van der Waals surface area contributed by atoms with E-state index in [2.05, 4.69) is 15.3 Å². The number of benzene rings is 1. The van der Waals surface area contributed by atoms with Gasteiger partial charge in [-0.3, -0.25) is 4.99 Å². The van der Waals surface area contributed by atoms with Crippen LogP contribution >= 0.6 is 11.8 Å². The third kappa shape index (κ3) is 2.64. The third-order valence-electron chi connectivity index (χ3n) is 4.09. The normalized spacial score (nSPS) is 32.5. The Balaban J connectivity index is 1.57. The lowest BCUT2D eigenvalue weighted by atomic mass is 9.99. The van der Waals surface area contributed by atoms with Crippen molar-refractivity contribution in [2.75, 3.05) is 6.61 Å². The molecule has 0 bridgehead atoms. The van der Waals surface area contributed by atoms with E-state index in [1.807, 2.05) is 30.3 Å². The van der Waals surface area contributed by atoms with E-state index < -0.39 is 29.8 Å². The van der Waals surface area contributed by atoms with Crippen LogP contribution in [0.25, 0.3) is 11.3 Å². The minimum absolute atomic E-state index is 0.362. The molecule has 0 radical (unpaired) electrons. The SMILES string of the molecule is OC[C@H]1O[C@@H]2SC(n3cc(-c4ccccc4)nn3)=N[C@@H]2[C@@H](O)[C@@H]1O. The molecule has 0 amide bonds. The highest BCUT2D eigenvalue weighted by atomic mass is 32.2. The number of fused-ring (bicyclic) bond motifs is 1. The lowest BCUT2D eigenvalue weighted by molar-refractivity contribution is -0.164. The second-order valence-electron chi connectivity index (χ2n) is 5.64. The number of aliphatic hydroxyl groups is 3. The Bertz CT molecular complexity index is 753. The number of hydrogen-bond acceptors (Lipinski definition) is 8. The van der Waals surface area contributed by atoms with Crippen molar-refractivity contribution in [3.63, 3.8) is 0 Å². The Hall–Kier alpha value is -1.78. The van der Waals surface area contributed by atoms with E-state index >= 15 is 0 Å². The maximum absolute atomic E-state index is 10.2. The van der Waals surface area contributed by atoms with Crippen LogP contribution in [0.3, 0.4) is 0 Å². The molecule has 0 aliphatic carbocycles. The standard InChI is InChI=1S/C15H16N4O4S/c20-7-10-12(21)13(22)11-14(23-10)24-15(16-11)19-6-9(17-18-19)8-4-2-1-3-5-8/h1-6,10-14,20-22H,7H2/t10-,11-,12-,13-,14-/m1/s1. The van der Waals surface area contributed by atoms with Gasteiger partial charge in [-0.1, -0.05) is 47.3 Å². The zero-order chi connectivity index (χ0) is 16.7. The number of rotatable bonds is 2. The quantitative estimate of drug-likeness (QED) is 0.683. The Morgan fingerprint density at radius 2 is 1.96 bits per heavy atom. The van der Waals surface area contributed by atoms with Crippen LogP contribution in [0.4, 0.5) is 0 Å². The minimum atomic E-state index is -1.17. The number of aromatic nitrogens is 3. The molecule has 9 heteroatoms. The van der Waals surface area contributed by atoms with Gasteiger partial charge in [-0.2, -0.15) is 4.68 Å². The Morgan fingerprint density at radius 3 is 2.71 bits per heavy atom. The lowest BCUT2D eigenvalue weighted by Crippen LogP contribution is -2.55. The van der Waals surface area contributed by atoms with Gasteiger partial charge in [0, 0.05) is 5.56 Å². The molecule has 0 spiro atoms. The molecule has 2 aliphatic heterocycles. The second-order valence-corrected chi connectivity index (χ2v) is 6.71. The van der Waals surface area contributed by atoms with Crippen molar-refractivity contribution in [2.45, 2.75) is 29.8 Å². The molecular weight excluding hydrogens is 332 g/mol. The number of hydrogen-bond donors (Lipinski definition) is 3. The van der Waals surface area contributed by atoms with Crippen molar-refractivity contribution in [1.29, 1.82) is 0 Å². The maximum Gasteiger partial charge on any atom is 0.188 e. The van der Waals surface area contributed by atoms with E-state index in [1.54, 1.807) is 6.20 Å². The van der Waals surface area contributed by atoms with Crippen molar-refractivity contribution in [1.82, 2.24) is 15.0 Å². The second kappa shape index (κ2) is 6.26.